The molecule has 10 rings (SSSR count). The molecule has 0 saturated carbocycles. The fourth-order valence-corrected chi connectivity index (χ4v) is 10.5. The number of rotatable bonds is 26. The zero-order valence-corrected chi connectivity index (χ0v) is 59.3. The van der Waals surface area contributed by atoms with Crippen LogP contribution in [0.1, 0.15) is 135 Å². The molecule has 2 aromatic rings. The summed E-state index contributed by atoms with van der Waals surface area (Å²) >= 11 is 0. The van der Waals surface area contributed by atoms with Crippen LogP contribution < -0.4 is 4.74 Å². The van der Waals surface area contributed by atoms with Gasteiger partial charge in [-0.2, -0.15) is 0 Å². The molecular weight excluding hydrogens is 1280 g/mol. The van der Waals surface area contributed by atoms with Gasteiger partial charge in [0.05, 0.1) is 91.0 Å². The van der Waals surface area contributed by atoms with Crippen LogP contribution in [0.3, 0.4) is 0 Å². The van der Waals surface area contributed by atoms with E-state index in [0.29, 0.717) is 44.8 Å². The molecule has 4 fully saturated rings. The maximum Gasteiger partial charge on any atom is 0.311 e. The van der Waals surface area contributed by atoms with Gasteiger partial charge in [-0.15, -0.1) is 0 Å². The van der Waals surface area contributed by atoms with Gasteiger partial charge in [0, 0.05) is 50.5 Å². The Morgan fingerprint density at radius 1 is 0.459 bits per heavy atom. The third-order valence-corrected chi connectivity index (χ3v) is 18.3. The molecule has 8 atom stereocenters. The normalized spacial score (nSPS) is 23.7. The van der Waals surface area contributed by atoms with Crippen molar-refractivity contribution >= 4 is 71.1 Å². The molecule has 540 valence electrons. The lowest BCUT2D eigenvalue weighted by Gasteiger charge is -2.28. The Labute approximate surface area is 572 Å². The highest BCUT2D eigenvalue weighted by molar-refractivity contribution is 6.13. The van der Waals surface area contributed by atoms with E-state index in [1.165, 1.54) is 36.3 Å². The number of esters is 4. The van der Waals surface area contributed by atoms with Crippen LogP contribution in [0.5, 0.6) is 5.95 Å². The molecule has 2 aromatic heterocycles. The van der Waals surface area contributed by atoms with Gasteiger partial charge < -0.3 is 51.5 Å². The topological polar surface area (TPSA) is 327 Å². The number of likely N-dealkylation sites (tertiary alicyclic amines) is 2. The van der Waals surface area contributed by atoms with Crippen LogP contribution in [-0.2, 0) is 102 Å². The Morgan fingerprint density at radius 3 is 1.11 bits per heavy atom. The van der Waals surface area contributed by atoms with E-state index in [4.69, 9.17) is 51.5 Å². The summed E-state index contributed by atoms with van der Waals surface area (Å²) in [6.07, 6.45) is 17.9. The summed E-state index contributed by atoms with van der Waals surface area (Å²) in [6, 6.07) is 7.45. The first-order chi connectivity index (χ1) is 46.2. The van der Waals surface area contributed by atoms with E-state index in [1.54, 1.807) is 104 Å². The second-order valence-electron chi connectivity index (χ2n) is 26.2. The lowest BCUT2D eigenvalue weighted by atomic mass is 9.83. The minimum atomic E-state index is -1.14. The Balaban J connectivity index is 0.000000222. The number of hydrogen-bond donors (Lipinski definition) is 0. The predicted molar refractivity (Wildman–Crippen MR) is 349 cm³/mol. The van der Waals surface area contributed by atoms with Crippen LogP contribution in [-0.4, -0.2) is 187 Å². The van der Waals surface area contributed by atoms with Gasteiger partial charge in [0.2, 0.25) is 35.2 Å². The van der Waals surface area contributed by atoms with Crippen LogP contribution in [0, 0.1) is 45.3 Å². The minimum absolute atomic E-state index is 0.000228. The first kappa shape index (κ1) is 80.3. The van der Waals surface area contributed by atoms with Crippen LogP contribution in [0.15, 0.2) is 94.2 Å². The summed E-state index contributed by atoms with van der Waals surface area (Å²) in [5, 5.41) is 0. The van der Waals surface area contributed by atoms with Crippen molar-refractivity contribution in [3.63, 3.8) is 0 Å². The molecule has 8 unspecified atom stereocenters. The number of ether oxygens (including phenoxy) is 9. The molecule has 0 spiro atoms. The molecule has 8 aliphatic heterocycles. The van der Waals surface area contributed by atoms with Gasteiger partial charge in [0.1, 0.15) is 44.0 Å². The van der Waals surface area contributed by atoms with E-state index in [-0.39, 0.29) is 124 Å². The highest BCUT2D eigenvalue weighted by Gasteiger charge is 2.69. The summed E-state index contributed by atoms with van der Waals surface area (Å²) in [7, 11) is 1.46. The smallest absolute Gasteiger partial charge is 0.311 e. The lowest BCUT2D eigenvalue weighted by Crippen LogP contribution is -2.43. The van der Waals surface area contributed by atoms with Gasteiger partial charge in [-0.05, 0) is 125 Å². The Hall–Kier alpha value is -8.40. The number of carbonyl (C=O) groups is 12. The van der Waals surface area contributed by atoms with Crippen LogP contribution in [0.2, 0.25) is 0 Å². The molecular formula is C71H98N4O23. The molecule has 0 N–H and O–H groups in total. The molecule has 27 nitrogen and oxygen atoms in total. The maximum absolute atomic E-state index is 12.8. The largest absolute Gasteiger partial charge is 0.469 e. The number of imide groups is 4. The molecule has 98 heavy (non-hydrogen) atoms. The standard InChI is InChI=1S/C18H25NO6.C17H23NO6.2C12H17NO4.C6H8O2.C6H8O/c1-5-17(3,4)16(22)23-10-9-19-14(20)12-11-7-8-18(25-11,24-6-2)13(12)15(19)21;1-5-16(2,3)15(21)23-9-8-18-13(19)11-10-6-7-17(22-4,24-10)12(11)14(18)20;2*1-4-12(2,3)11(16)17-8-7-13-9(14)5-6-10(13)15;1-2-7-6-4-3-5-8-6;1-2-6-4-3-5-7-6/h7-8,11-13H,5-6,9-10H2,1-4H3;6-7,10-12H,5,8-9H2,1-4H3;2*5-6H,4,7-8H2,1-3H3;3-5H,2H2,1H3;3-5H,2H2,1H3. The quantitative estimate of drug-likeness (QED) is 0.0382. The van der Waals surface area contributed by atoms with Crippen LogP contribution >= 0.6 is 0 Å². The van der Waals surface area contributed by atoms with E-state index < -0.39 is 69.1 Å². The summed E-state index contributed by atoms with van der Waals surface area (Å²) in [4.78, 5) is 147. The molecule has 0 radical (unpaired) electrons. The van der Waals surface area contributed by atoms with Crippen molar-refractivity contribution in [1.82, 2.24) is 19.6 Å². The number of fused-ring (bicyclic) bond motifs is 10. The zero-order valence-electron chi connectivity index (χ0n) is 59.3. The molecule has 8 aliphatic rings. The average Bonchev–Trinajstić information content (AvgIpc) is 1.55. The van der Waals surface area contributed by atoms with Crippen molar-refractivity contribution in [3.8, 4) is 5.95 Å². The molecule has 0 aromatic carbocycles. The molecule has 8 amide bonds. The molecule has 4 saturated heterocycles. The maximum atomic E-state index is 12.8. The number of aryl methyl sites for hydroxylation is 1. The SMILES string of the molecule is CCC(C)(C)C(=O)OCCN1C(=O)C2C3C=CC(OC)(O3)C2C1=O.CCC(C)(C)C(=O)OCCN1C(=O)C=CC1=O.CCC(C)(C)C(=O)OCCN1C(=O)C=CC1=O.CCOC12C=CC(O1)C1C(=O)N(CCOC(=O)C(C)(C)CC)C(=O)C12.CCOc1ccco1.CCc1ccco1. The number of nitrogens with zero attached hydrogens (tertiary/aromatic N) is 4. The summed E-state index contributed by atoms with van der Waals surface area (Å²) in [5.74, 6) is -6.99. The van der Waals surface area contributed by atoms with Crippen molar-refractivity contribution < 1.29 is 109 Å². The minimum Gasteiger partial charge on any atom is -0.469 e. The third kappa shape index (κ3) is 19.1. The highest BCUT2D eigenvalue weighted by atomic mass is 16.7. The number of hydrogen-bond acceptors (Lipinski definition) is 23. The van der Waals surface area contributed by atoms with Crippen molar-refractivity contribution in [2.75, 3.05) is 72.9 Å². The highest BCUT2D eigenvalue weighted by Crippen LogP contribution is 2.53. The van der Waals surface area contributed by atoms with Crippen molar-refractivity contribution in [2.45, 2.75) is 160 Å². The number of amides is 8. The van der Waals surface area contributed by atoms with Crippen LogP contribution in [0.4, 0.5) is 0 Å². The Morgan fingerprint density at radius 2 is 0.806 bits per heavy atom. The average molecular weight is 1380 g/mol. The van der Waals surface area contributed by atoms with E-state index in [9.17, 15) is 57.5 Å². The number of carbonyl (C=O) groups excluding carboxylic acids is 12. The predicted octanol–water partition coefficient (Wildman–Crippen LogP) is 7.45. The van der Waals surface area contributed by atoms with Gasteiger partial charge >= 0.3 is 23.9 Å². The van der Waals surface area contributed by atoms with Gasteiger partial charge in [-0.25, -0.2) is 0 Å². The summed E-state index contributed by atoms with van der Waals surface area (Å²) in [5.41, 5.74) is -2.22. The Bertz CT molecular complexity index is 3180. The number of methoxy groups -OCH3 is 1. The van der Waals surface area contributed by atoms with E-state index in [2.05, 4.69) is 6.92 Å². The van der Waals surface area contributed by atoms with Gasteiger partial charge in [0.15, 0.2) is 0 Å². The van der Waals surface area contributed by atoms with Gasteiger partial charge in [0.25, 0.3) is 29.6 Å². The zero-order chi connectivity index (χ0) is 73.1. The third-order valence-electron chi connectivity index (χ3n) is 18.3. The first-order valence-corrected chi connectivity index (χ1v) is 33.3. The summed E-state index contributed by atoms with van der Waals surface area (Å²) < 4.78 is 57.9. The lowest BCUT2D eigenvalue weighted by molar-refractivity contribution is -0.198. The van der Waals surface area contributed by atoms with Crippen molar-refractivity contribution in [1.29, 1.82) is 0 Å². The van der Waals surface area contributed by atoms with Crippen molar-refractivity contribution in [3.05, 3.63) is 91.2 Å². The molecule has 0 aliphatic carbocycles. The summed E-state index contributed by atoms with van der Waals surface area (Å²) in [6.45, 7) is 29.3. The van der Waals surface area contributed by atoms with E-state index >= 15 is 0 Å². The molecule has 4 bridgehead atoms. The van der Waals surface area contributed by atoms with Crippen molar-refractivity contribution in [2.24, 2.45) is 45.3 Å². The Kier molecular flexibility index (Phi) is 28.6. The first-order valence-electron chi connectivity index (χ1n) is 33.3. The number of furan rings is 2. The fraction of sp³-hybridized carbons (Fsp3) is 0.606. The second-order valence-corrected chi connectivity index (χ2v) is 26.2. The van der Waals surface area contributed by atoms with Gasteiger partial charge in [-0.1, -0.05) is 46.8 Å². The van der Waals surface area contributed by atoms with E-state index in [1.807, 2.05) is 53.7 Å². The molecule has 10 heterocycles. The van der Waals surface area contributed by atoms with E-state index in [0.717, 1.165) is 26.9 Å². The monoisotopic (exact) mass is 1370 g/mol. The fourth-order valence-electron chi connectivity index (χ4n) is 10.5. The second kappa shape index (κ2) is 34.9. The van der Waals surface area contributed by atoms with Crippen LogP contribution in [0.25, 0.3) is 0 Å². The molecule has 27 heteroatoms. The van der Waals surface area contributed by atoms with Gasteiger partial charge in [-0.3, -0.25) is 77.1 Å².